The molecule has 0 bridgehead atoms. The minimum atomic E-state index is -0.586. The molecule has 1 amide bonds. The predicted molar refractivity (Wildman–Crippen MR) is 117 cm³/mol. The Labute approximate surface area is 184 Å². The second kappa shape index (κ2) is 8.43. The molecule has 2 aromatic heterocycles. The number of carbonyl (C=O) groups excluding carboxylic acids is 1. The molecule has 4 heterocycles. The molecule has 8 nitrogen and oxygen atoms in total. The molecule has 2 aliphatic rings. The van der Waals surface area contributed by atoms with Gasteiger partial charge in [0.15, 0.2) is 23.4 Å². The maximum Gasteiger partial charge on any atom is 0.263 e. The number of ether oxygens (including phenoxy) is 3. The van der Waals surface area contributed by atoms with Gasteiger partial charge in [-0.25, -0.2) is 0 Å². The maximum absolute atomic E-state index is 12.9. The first kappa shape index (κ1) is 19.6. The average Bonchev–Trinajstić information content (AvgIpc) is 3.51. The van der Waals surface area contributed by atoms with Crippen molar-refractivity contribution in [2.24, 2.45) is 0 Å². The van der Waals surface area contributed by atoms with Crippen LogP contribution in [0.5, 0.6) is 17.2 Å². The zero-order chi connectivity index (χ0) is 21.2. The van der Waals surface area contributed by atoms with Crippen LogP contribution in [0.15, 0.2) is 47.8 Å². The molecule has 2 aliphatic heterocycles. The lowest BCUT2D eigenvalue weighted by molar-refractivity contribution is -0.138. The molecule has 1 unspecified atom stereocenters. The first-order chi connectivity index (χ1) is 15.2. The molecule has 0 aliphatic carbocycles. The number of aromatic nitrogens is 2. The lowest BCUT2D eigenvalue weighted by Gasteiger charge is -2.36. The van der Waals surface area contributed by atoms with E-state index in [0.717, 1.165) is 16.4 Å². The highest BCUT2D eigenvalue weighted by atomic mass is 32.1. The minimum Gasteiger partial charge on any atom is -0.481 e. The van der Waals surface area contributed by atoms with Crippen LogP contribution in [0, 0.1) is 0 Å². The van der Waals surface area contributed by atoms with Crippen LogP contribution in [0.4, 0.5) is 5.82 Å². The highest BCUT2D eigenvalue weighted by Crippen LogP contribution is 2.35. The number of nitrogens with zero attached hydrogens (tertiary/aromatic N) is 4. The molecule has 9 heteroatoms. The molecule has 1 fully saturated rings. The molecule has 3 aromatic rings. The monoisotopic (exact) mass is 438 g/mol. The van der Waals surface area contributed by atoms with Crippen molar-refractivity contribution >= 4 is 23.1 Å². The standard InChI is InChI=1S/C22H22N4O4S/c1-15(30-16-4-6-18-19(13-16)29-14-28-18)22(27)26-10-8-25(9-11-26)21-7-5-17(23-24-21)20-3-2-12-31-20/h2-7,12-13,15H,8-11,14H2,1H3. The van der Waals surface area contributed by atoms with Crippen LogP contribution in [0.1, 0.15) is 6.92 Å². The molecular formula is C22H22N4O4S. The van der Waals surface area contributed by atoms with Crippen molar-refractivity contribution in [3.05, 3.63) is 47.8 Å². The summed E-state index contributed by atoms with van der Waals surface area (Å²) in [6, 6.07) is 13.3. The van der Waals surface area contributed by atoms with E-state index in [1.807, 2.05) is 34.5 Å². The van der Waals surface area contributed by atoms with Gasteiger partial charge in [0.25, 0.3) is 5.91 Å². The van der Waals surface area contributed by atoms with Crippen LogP contribution < -0.4 is 19.1 Å². The van der Waals surface area contributed by atoms with Crippen LogP contribution in [0.2, 0.25) is 0 Å². The lowest BCUT2D eigenvalue weighted by Crippen LogP contribution is -2.52. The van der Waals surface area contributed by atoms with Gasteiger partial charge in [-0.3, -0.25) is 4.79 Å². The second-order valence-electron chi connectivity index (χ2n) is 7.34. The molecule has 1 atom stereocenters. The van der Waals surface area contributed by atoms with Gasteiger partial charge in [0.05, 0.1) is 4.88 Å². The minimum absolute atomic E-state index is 0.0311. The number of piperazine rings is 1. The van der Waals surface area contributed by atoms with Gasteiger partial charge < -0.3 is 24.0 Å². The van der Waals surface area contributed by atoms with Crippen molar-refractivity contribution in [1.29, 1.82) is 0 Å². The van der Waals surface area contributed by atoms with Crippen LogP contribution in [0.25, 0.3) is 10.6 Å². The van der Waals surface area contributed by atoms with Gasteiger partial charge in [-0.15, -0.1) is 21.5 Å². The van der Waals surface area contributed by atoms with E-state index in [4.69, 9.17) is 14.2 Å². The molecular weight excluding hydrogens is 416 g/mol. The van der Waals surface area contributed by atoms with Gasteiger partial charge in [-0.2, -0.15) is 0 Å². The SMILES string of the molecule is CC(Oc1ccc2c(c1)OCO2)C(=O)N1CCN(c2ccc(-c3cccs3)nn2)CC1. The predicted octanol–water partition coefficient (Wildman–Crippen LogP) is 3.05. The summed E-state index contributed by atoms with van der Waals surface area (Å²) in [5.41, 5.74) is 0.877. The molecule has 0 N–H and O–H groups in total. The zero-order valence-corrected chi connectivity index (χ0v) is 17.9. The Morgan fingerprint density at radius 1 is 1.06 bits per heavy atom. The van der Waals surface area contributed by atoms with E-state index in [-0.39, 0.29) is 12.7 Å². The van der Waals surface area contributed by atoms with E-state index < -0.39 is 6.10 Å². The fourth-order valence-electron chi connectivity index (χ4n) is 3.67. The molecule has 5 rings (SSSR count). The van der Waals surface area contributed by atoms with E-state index in [2.05, 4.69) is 15.1 Å². The molecule has 31 heavy (non-hydrogen) atoms. The van der Waals surface area contributed by atoms with Gasteiger partial charge >= 0.3 is 0 Å². The fraction of sp³-hybridized carbons (Fsp3) is 0.318. The molecule has 0 saturated carbocycles. The topological polar surface area (TPSA) is 77.0 Å². The molecule has 160 valence electrons. The summed E-state index contributed by atoms with van der Waals surface area (Å²) in [5.74, 6) is 2.71. The van der Waals surface area contributed by atoms with Gasteiger partial charge in [-0.1, -0.05) is 6.07 Å². The number of thiophene rings is 1. The quantitative estimate of drug-likeness (QED) is 0.606. The summed E-state index contributed by atoms with van der Waals surface area (Å²) in [6.07, 6.45) is -0.586. The van der Waals surface area contributed by atoms with Crippen molar-refractivity contribution in [2.75, 3.05) is 37.9 Å². The number of rotatable bonds is 5. The van der Waals surface area contributed by atoms with Crippen molar-refractivity contribution < 1.29 is 19.0 Å². The smallest absolute Gasteiger partial charge is 0.263 e. The van der Waals surface area contributed by atoms with Crippen LogP contribution >= 0.6 is 11.3 Å². The Morgan fingerprint density at radius 2 is 1.90 bits per heavy atom. The van der Waals surface area contributed by atoms with E-state index in [0.29, 0.717) is 43.4 Å². The fourth-order valence-corrected chi connectivity index (χ4v) is 4.36. The Bertz CT molecular complexity index is 1050. The number of hydrogen-bond donors (Lipinski definition) is 0. The third-order valence-electron chi connectivity index (χ3n) is 5.34. The van der Waals surface area contributed by atoms with Crippen molar-refractivity contribution in [3.8, 4) is 27.8 Å². The average molecular weight is 439 g/mol. The summed E-state index contributed by atoms with van der Waals surface area (Å²) in [4.78, 5) is 17.9. The molecule has 0 spiro atoms. The Kier molecular flexibility index (Phi) is 5.33. The van der Waals surface area contributed by atoms with Gasteiger partial charge in [0, 0.05) is 32.2 Å². The summed E-state index contributed by atoms with van der Waals surface area (Å²) < 4.78 is 16.5. The number of anilines is 1. The lowest BCUT2D eigenvalue weighted by atomic mass is 10.2. The number of fused-ring (bicyclic) bond motifs is 1. The Hall–Kier alpha value is -3.33. The molecule has 1 saturated heterocycles. The van der Waals surface area contributed by atoms with E-state index >= 15 is 0 Å². The first-order valence-corrected chi connectivity index (χ1v) is 11.0. The molecule has 1 aromatic carbocycles. The van der Waals surface area contributed by atoms with E-state index in [1.54, 1.807) is 36.5 Å². The van der Waals surface area contributed by atoms with Crippen LogP contribution in [-0.4, -0.2) is 60.1 Å². The largest absolute Gasteiger partial charge is 0.481 e. The van der Waals surface area contributed by atoms with E-state index in [1.165, 1.54) is 0 Å². The summed E-state index contributed by atoms with van der Waals surface area (Å²) in [5, 5.41) is 10.8. The third-order valence-corrected chi connectivity index (χ3v) is 6.24. The van der Waals surface area contributed by atoms with E-state index in [9.17, 15) is 4.79 Å². The maximum atomic E-state index is 12.9. The van der Waals surface area contributed by atoms with Gasteiger partial charge in [0.1, 0.15) is 11.4 Å². The molecule has 0 radical (unpaired) electrons. The van der Waals surface area contributed by atoms with Crippen LogP contribution in [-0.2, 0) is 4.79 Å². The van der Waals surface area contributed by atoms with Crippen molar-refractivity contribution in [3.63, 3.8) is 0 Å². The highest BCUT2D eigenvalue weighted by molar-refractivity contribution is 7.13. The Morgan fingerprint density at radius 3 is 2.65 bits per heavy atom. The van der Waals surface area contributed by atoms with Gasteiger partial charge in [0.2, 0.25) is 6.79 Å². The first-order valence-electron chi connectivity index (χ1n) is 10.1. The number of benzene rings is 1. The number of hydrogen-bond acceptors (Lipinski definition) is 8. The van der Waals surface area contributed by atoms with Gasteiger partial charge in [-0.05, 0) is 42.6 Å². The Balaban J connectivity index is 1.16. The summed E-state index contributed by atoms with van der Waals surface area (Å²) in [6.45, 7) is 4.61. The summed E-state index contributed by atoms with van der Waals surface area (Å²) in [7, 11) is 0. The normalized spacial score (nSPS) is 16.3. The number of carbonyl (C=O) groups is 1. The second-order valence-corrected chi connectivity index (χ2v) is 8.29. The van der Waals surface area contributed by atoms with Crippen LogP contribution in [0.3, 0.4) is 0 Å². The zero-order valence-electron chi connectivity index (χ0n) is 17.1. The van der Waals surface area contributed by atoms with Crippen molar-refractivity contribution in [2.45, 2.75) is 13.0 Å². The summed E-state index contributed by atoms with van der Waals surface area (Å²) >= 11 is 1.64. The highest BCUT2D eigenvalue weighted by Gasteiger charge is 2.27. The number of amides is 1. The van der Waals surface area contributed by atoms with Crippen molar-refractivity contribution in [1.82, 2.24) is 15.1 Å². The third kappa shape index (κ3) is 4.13.